The highest BCUT2D eigenvalue weighted by molar-refractivity contribution is 7.89. The summed E-state index contributed by atoms with van der Waals surface area (Å²) in [5.74, 6) is -0.992. The molecule has 0 atom stereocenters. The van der Waals surface area contributed by atoms with Gasteiger partial charge in [0, 0.05) is 0 Å². The van der Waals surface area contributed by atoms with Gasteiger partial charge in [-0.3, -0.25) is 0 Å². The maximum atomic E-state index is 13.6. The monoisotopic (exact) mass is 336 g/mol. The van der Waals surface area contributed by atoms with E-state index in [2.05, 4.69) is 4.72 Å². The van der Waals surface area contributed by atoms with Crippen LogP contribution in [0, 0.1) is 17.1 Å². The minimum atomic E-state index is -4.09. The van der Waals surface area contributed by atoms with Crippen LogP contribution in [-0.2, 0) is 10.0 Å². The van der Waals surface area contributed by atoms with Crippen molar-refractivity contribution in [3.8, 4) is 6.07 Å². The number of nitrogens with one attached hydrogen (secondary N) is 1. The predicted molar refractivity (Wildman–Crippen MR) is 73.6 cm³/mol. The molecule has 1 N–H and O–H groups in total. The molecule has 1 aliphatic rings. The predicted octanol–water partition coefficient (Wildman–Crippen LogP) is 3.25. The summed E-state index contributed by atoms with van der Waals surface area (Å²) in [5.41, 5.74) is -1.14. The zero-order valence-electron chi connectivity index (χ0n) is 10.3. The van der Waals surface area contributed by atoms with Crippen molar-refractivity contribution >= 4 is 33.2 Å². The minimum Gasteiger partial charge on any atom is -0.207 e. The molecule has 0 saturated heterocycles. The fraction of sp³-hybridized carbons (Fsp3) is 0.417. The van der Waals surface area contributed by atoms with Crippen molar-refractivity contribution in [2.24, 2.45) is 0 Å². The van der Waals surface area contributed by atoms with Gasteiger partial charge >= 0.3 is 0 Å². The van der Waals surface area contributed by atoms with Crippen LogP contribution in [-0.4, -0.2) is 14.0 Å². The highest BCUT2D eigenvalue weighted by Crippen LogP contribution is 2.33. The molecule has 0 spiro atoms. The number of benzene rings is 1. The van der Waals surface area contributed by atoms with Crippen LogP contribution in [0.25, 0.3) is 0 Å². The Kier molecular flexibility index (Phi) is 4.26. The minimum absolute atomic E-state index is 0.259. The molecule has 108 valence electrons. The molecule has 0 aliphatic heterocycles. The number of halogens is 3. The molecule has 0 unspecified atom stereocenters. The third-order valence-corrected chi connectivity index (χ3v) is 5.64. The first-order valence-corrected chi connectivity index (χ1v) is 8.14. The normalized spacial score (nSPS) is 17.9. The second kappa shape index (κ2) is 5.49. The molecule has 0 aromatic heterocycles. The summed E-state index contributed by atoms with van der Waals surface area (Å²) in [6.45, 7) is 0. The van der Waals surface area contributed by atoms with E-state index in [0.29, 0.717) is 12.8 Å². The zero-order chi connectivity index (χ0) is 15.0. The highest BCUT2D eigenvalue weighted by atomic mass is 35.5. The largest absolute Gasteiger partial charge is 0.243 e. The van der Waals surface area contributed by atoms with Gasteiger partial charge in [0.25, 0.3) is 0 Å². The van der Waals surface area contributed by atoms with Crippen molar-refractivity contribution in [2.45, 2.75) is 36.1 Å². The highest BCUT2D eigenvalue weighted by Gasteiger charge is 2.39. The molecule has 0 heterocycles. The summed E-state index contributed by atoms with van der Waals surface area (Å²) in [6.07, 6.45) is 2.38. The molecule has 1 aliphatic carbocycles. The number of hydrogen-bond donors (Lipinski definition) is 1. The lowest BCUT2D eigenvalue weighted by Crippen LogP contribution is -2.45. The summed E-state index contributed by atoms with van der Waals surface area (Å²) < 4.78 is 40.5. The van der Waals surface area contributed by atoms with Crippen molar-refractivity contribution in [1.29, 1.82) is 5.26 Å². The van der Waals surface area contributed by atoms with Gasteiger partial charge < -0.3 is 0 Å². The van der Waals surface area contributed by atoms with Crippen molar-refractivity contribution < 1.29 is 12.8 Å². The van der Waals surface area contributed by atoms with Gasteiger partial charge in [0.2, 0.25) is 10.0 Å². The first kappa shape index (κ1) is 15.5. The fourth-order valence-corrected chi connectivity index (χ4v) is 4.37. The van der Waals surface area contributed by atoms with Gasteiger partial charge in [-0.05, 0) is 25.0 Å². The van der Waals surface area contributed by atoms with Gasteiger partial charge in [-0.1, -0.05) is 36.0 Å². The van der Waals surface area contributed by atoms with Gasteiger partial charge in [-0.15, -0.1) is 0 Å². The smallest absolute Gasteiger partial charge is 0.207 e. The van der Waals surface area contributed by atoms with E-state index in [1.54, 1.807) is 0 Å². The van der Waals surface area contributed by atoms with Gasteiger partial charge in [0.1, 0.15) is 10.4 Å². The summed E-state index contributed by atoms with van der Waals surface area (Å²) in [4.78, 5) is -0.414. The Morgan fingerprint density at radius 2 is 1.90 bits per heavy atom. The molecule has 2 rings (SSSR count). The molecule has 0 bridgehead atoms. The van der Waals surface area contributed by atoms with Crippen LogP contribution >= 0.6 is 23.2 Å². The van der Waals surface area contributed by atoms with Crippen LogP contribution in [0.1, 0.15) is 25.7 Å². The lowest BCUT2D eigenvalue weighted by molar-refractivity contribution is 0.484. The number of hydrogen-bond acceptors (Lipinski definition) is 3. The maximum Gasteiger partial charge on any atom is 0.243 e. The van der Waals surface area contributed by atoms with Gasteiger partial charge in [-0.2, -0.15) is 9.98 Å². The lowest BCUT2D eigenvalue weighted by atomic mass is 10.0. The molecular formula is C12H11Cl2FN2O2S. The third-order valence-electron chi connectivity index (χ3n) is 3.29. The molecular weight excluding hydrogens is 326 g/mol. The van der Waals surface area contributed by atoms with Crippen LogP contribution in [0.5, 0.6) is 0 Å². The molecule has 20 heavy (non-hydrogen) atoms. The third kappa shape index (κ3) is 2.77. The molecule has 1 aromatic carbocycles. The topological polar surface area (TPSA) is 70.0 Å². The number of nitrogens with zero attached hydrogens (tertiary/aromatic N) is 1. The Labute approximate surface area is 126 Å². The van der Waals surface area contributed by atoms with E-state index in [-0.39, 0.29) is 5.02 Å². The fourth-order valence-electron chi connectivity index (χ4n) is 2.24. The van der Waals surface area contributed by atoms with E-state index in [1.165, 1.54) is 0 Å². The van der Waals surface area contributed by atoms with Crippen molar-refractivity contribution in [3.63, 3.8) is 0 Å². The Bertz CT molecular complexity index is 679. The Balaban J connectivity index is 2.42. The van der Waals surface area contributed by atoms with E-state index in [1.807, 2.05) is 6.07 Å². The maximum absolute atomic E-state index is 13.6. The number of nitriles is 1. The molecule has 4 nitrogen and oxygen atoms in total. The molecule has 1 saturated carbocycles. The van der Waals surface area contributed by atoms with E-state index in [9.17, 15) is 18.1 Å². The summed E-state index contributed by atoms with van der Waals surface area (Å²) in [5, 5.41) is 8.36. The SMILES string of the molecule is N#CC1(NS(=O)(=O)c2ccc(Cl)c(F)c2Cl)CCCC1. The lowest BCUT2D eigenvalue weighted by Gasteiger charge is -2.22. The van der Waals surface area contributed by atoms with Crippen LogP contribution in [0.2, 0.25) is 10.0 Å². The molecule has 0 radical (unpaired) electrons. The first-order chi connectivity index (χ1) is 9.31. The Hall–Kier alpha value is -0.870. The number of rotatable bonds is 3. The van der Waals surface area contributed by atoms with Crippen molar-refractivity contribution in [3.05, 3.63) is 28.0 Å². The second-order valence-electron chi connectivity index (χ2n) is 4.68. The molecule has 1 aromatic rings. The van der Waals surface area contributed by atoms with Gasteiger partial charge in [-0.25, -0.2) is 12.8 Å². The Morgan fingerprint density at radius 3 is 2.45 bits per heavy atom. The van der Waals surface area contributed by atoms with E-state index >= 15 is 0 Å². The summed E-state index contributed by atoms with van der Waals surface area (Å²) in [6, 6.07) is 4.23. The van der Waals surface area contributed by atoms with Crippen molar-refractivity contribution in [2.75, 3.05) is 0 Å². The molecule has 1 fully saturated rings. The first-order valence-electron chi connectivity index (χ1n) is 5.90. The van der Waals surface area contributed by atoms with Crippen LogP contribution in [0.4, 0.5) is 4.39 Å². The Morgan fingerprint density at radius 1 is 1.30 bits per heavy atom. The second-order valence-corrected chi connectivity index (χ2v) is 7.12. The standard InChI is InChI=1S/C12H11Cl2FN2O2S/c13-8-3-4-9(10(14)11(8)15)20(18,19)17-12(7-16)5-1-2-6-12/h3-4,17H,1-2,5-6H2. The summed E-state index contributed by atoms with van der Waals surface area (Å²) in [7, 11) is -4.09. The van der Waals surface area contributed by atoms with Crippen molar-refractivity contribution in [1.82, 2.24) is 4.72 Å². The van der Waals surface area contributed by atoms with Crippen LogP contribution in [0.3, 0.4) is 0 Å². The zero-order valence-corrected chi connectivity index (χ0v) is 12.6. The van der Waals surface area contributed by atoms with Crippen LogP contribution in [0.15, 0.2) is 17.0 Å². The van der Waals surface area contributed by atoms with Gasteiger partial charge in [0.15, 0.2) is 5.82 Å². The average molecular weight is 337 g/mol. The quantitative estimate of drug-likeness (QED) is 0.861. The molecule has 8 heteroatoms. The van der Waals surface area contributed by atoms with E-state index in [4.69, 9.17) is 23.2 Å². The number of sulfonamides is 1. The summed E-state index contributed by atoms with van der Waals surface area (Å²) >= 11 is 11.2. The van der Waals surface area contributed by atoms with E-state index in [0.717, 1.165) is 25.0 Å². The van der Waals surface area contributed by atoms with E-state index < -0.39 is 31.3 Å². The van der Waals surface area contributed by atoms with Gasteiger partial charge in [0.05, 0.1) is 16.1 Å². The average Bonchev–Trinajstić information content (AvgIpc) is 2.84. The molecule has 0 amide bonds. The van der Waals surface area contributed by atoms with Crippen LogP contribution < -0.4 is 4.72 Å².